The Morgan fingerprint density at radius 3 is 2.05 bits per heavy atom. The molecule has 1 heterocycles. The molecule has 3 nitrogen and oxygen atoms in total. The number of hydrogen-bond acceptors (Lipinski definition) is 3. The molecule has 0 aliphatic carbocycles. The first-order valence-corrected chi connectivity index (χ1v) is 6.92. The van der Waals surface area contributed by atoms with Gasteiger partial charge < -0.3 is 14.0 Å². The van der Waals surface area contributed by atoms with Gasteiger partial charge in [-0.3, -0.25) is 0 Å². The lowest BCUT2D eigenvalue weighted by molar-refractivity contribution is 0.00578. The Morgan fingerprint density at radius 2 is 1.58 bits per heavy atom. The molecule has 19 heavy (non-hydrogen) atoms. The van der Waals surface area contributed by atoms with E-state index in [0.717, 1.165) is 12.0 Å². The Hall–Kier alpha value is -0.835. The summed E-state index contributed by atoms with van der Waals surface area (Å²) in [5.74, 6) is 0. The highest BCUT2D eigenvalue weighted by molar-refractivity contribution is 6.37. The molecule has 1 unspecified atom stereocenters. The second-order valence-electron chi connectivity index (χ2n) is 5.99. The molecule has 0 radical (unpaired) electrons. The van der Waals surface area contributed by atoms with Crippen molar-refractivity contribution in [2.45, 2.75) is 58.3 Å². The number of hydrogen-bond donors (Lipinski definition) is 0. The van der Waals surface area contributed by atoms with Crippen molar-refractivity contribution in [2.24, 2.45) is 0 Å². The summed E-state index contributed by atoms with van der Waals surface area (Å²) in [6, 6.07) is 10.2. The maximum absolute atomic E-state index is 5.97. The van der Waals surface area contributed by atoms with Crippen LogP contribution in [0, 0.1) is 0 Å². The van der Waals surface area contributed by atoms with Crippen LogP contribution < -0.4 is 0 Å². The molecule has 1 aliphatic heterocycles. The highest BCUT2D eigenvalue weighted by Crippen LogP contribution is 2.38. The normalized spacial score (nSPS) is 22.5. The van der Waals surface area contributed by atoms with E-state index in [9.17, 15) is 0 Å². The number of rotatable bonds is 4. The highest BCUT2D eigenvalue weighted by atomic mass is 16.8. The van der Waals surface area contributed by atoms with Crippen LogP contribution in [0.4, 0.5) is 0 Å². The van der Waals surface area contributed by atoms with Gasteiger partial charge >= 0.3 is 7.32 Å². The van der Waals surface area contributed by atoms with Crippen LogP contribution in [0.3, 0.4) is 0 Å². The Labute approximate surface area is 116 Å². The van der Waals surface area contributed by atoms with Crippen molar-refractivity contribution in [2.75, 3.05) is 0 Å². The summed E-state index contributed by atoms with van der Waals surface area (Å²) in [4.78, 5) is 0. The molecule has 0 saturated carbocycles. The highest BCUT2D eigenvalue weighted by Gasteiger charge is 2.53. The van der Waals surface area contributed by atoms with Gasteiger partial charge in [-0.05, 0) is 39.7 Å². The minimum absolute atomic E-state index is 0.00380. The third-order valence-corrected chi connectivity index (χ3v) is 4.05. The molecule has 0 aromatic heterocycles. The molecular weight excluding hydrogens is 239 g/mol. The summed E-state index contributed by atoms with van der Waals surface area (Å²) in [5.41, 5.74) is 0.443. The van der Waals surface area contributed by atoms with Gasteiger partial charge in [-0.15, -0.1) is 0 Å². The van der Waals surface area contributed by atoms with Crippen LogP contribution in [-0.2, 0) is 14.0 Å². The van der Waals surface area contributed by atoms with E-state index >= 15 is 0 Å². The maximum atomic E-state index is 5.97. The minimum Gasteiger partial charge on any atom is -0.379 e. The predicted molar refractivity (Wildman–Crippen MR) is 76.6 cm³/mol. The van der Waals surface area contributed by atoms with Crippen LogP contribution in [0.1, 0.15) is 52.7 Å². The molecule has 1 aromatic carbocycles. The second-order valence-corrected chi connectivity index (χ2v) is 5.99. The first-order chi connectivity index (χ1) is 8.86. The van der Waals surface area contributed by atoms with Crippen LogP contribution in [0.5, 0.6) is 0 Å². The van der Waals surface area contributed by atoms with Gasteiger partial charge in [-0.1, -0.05) is 37.3 Å². The van der Waals surface area contributed by atoms with Gasteiger partial charge in [0.25, 0.3) is 0 Å². The van der Waals surface area contributed by atoms with Crippen molar-refractivity contribution in [3.05, 3.63) is 35.9 Å². The molecule has 1 atom stereocenters. The molecule has 1 fully saturated rings. The summed E-state index contributed by atoms with van der Waals surface area (Å²) in [6.07, 6.45) is 0.879. The largest absolute Gasteiger partial charge is 0.640 e. The molecule has 104 valence electrons. The quantitative estimate of drug-likeness (QED) is 0.773. The van der Waals surface area contributed by atoms with Crippen molar-refractivity contribution in [1.29, 1.82) is 0 Å². The fraction of sp³-hybridized carbons (Fsp3) is 0.600. The zero-order valence-electron chi connectivity index (χ0n) is 12.5. The zero-order valence-corrected chi connectivity index (χ0v) is 12.5. The summed E-state index contributed by atoms with van der Waals surface area (Å²) in [6.45, 7) is 10.2. The fourth-order valence-electron chi connectivity index (χ4n) is 2.06. The molecule has 0 N–H and O–H groups in total. The lowest BCUT2D eigenvalue weighted by atomic mass is 9.90. The van der Waals surface area contributed by atoms with Crippen LogP contribution in [-0.4, -0.2) is 18.5 Å². The standard InChI is InChI=1S/C15H23BO3/c1-6-13(12-10-8-7-9-11-12)17-16-18-14(2,3)15(4,5)19-16/h7-11,13H,6H2,1-5H3. The van der Waals surface area contributed by atoms with E-state index in [0.29, 0.717) is 0 Å². The van der Waals surface area contributed by atoms with Gasteiger partial charge in [0.05, 0.1) is 17.3 Å². The zero-order chi connectivity index (χ0) is 14.1. The van der Waals surface area contributed by atoms with E-state index in [1.54, 1.807) is 0 Å². The van der Waals surface area contributed by atoms with Gasteiger partial charge in [0, 0.05) is 0 Å². The van der Waals surface area contributed by atoms with Crippen LogP contribution in [0.15, 0.2) is 30.3 Å². The topological polar surface area (TPSA) is 27.7 Å². The van der Waals surface area contributed by atoms with E-state index in [2.05, 4.69) is 19.1 Å². The van der Waals surface area contributed by atoms with Crippen molar-refractivity contribution in [1.82, 2.24) is 0 Å². The predicted octanol–water partition coefficient (Wildman–Crippen LogP) is 3.74. The average molecular weight is 262 g/mol. The summed E-state index contributed by atoms with van der Waals surface area (Å²) < 4.78 is 17.7. The molecule has 1 saturated heterocycles. The third-order valence-electron chi connectivity index (χ3n) is 4.05. The van der Waals surface area contributed by atoms with Gasteiger partial charge in [0.1, 0.15) is 0 Å². The van der Waals surface area contributed by atoms with E-state index < -0.39 is 7.32 Å². The molecule has 1 aliphatic rings. The fourth-order valence-corrected chi connectivity index (χ4v) is 2.06. The monoisotopic (exact) mass is 262 g/mol. The summed E-state index contributed by atoms with van der Waals surface area (Å²) >= 11 is 0. The van der Waals surface area contributed by atoms with Gasteiger partial charge in [0.15, 0.2) is 0 Å². The molecule has 0 amide bonds. The molecule has 2 rings (SSSR count). The molecular formula is C15H23BO3. The molecule has 0 bridgehead atoms. The maximum Gasteiger partial charge on any atom is 0.640 e. The Balaban J connectivity index is 2.06. The van der Waals surface area contributed by atoms with E-state index in [1.165, 1.54) is 0 Å². The molecule has 1 aromatic rings. The third kappa shape index (κ3) is 3.02. The van der Waals surface area contributed by atoms with Crippen LogP contribution in [0.25, 0.3) is 0 Å². The van der Waals surface area contributed by atoms with E-state index in [4.69, 9.17) is 14.0 Å². The van der Waals surface area contributed by atoms with Crippen molar-refractivity contribution in [3.8, 4) is 0 Å². The lowest BCUT2D eigenvalue weighted by Crippen LogP contribution is -2.41. The lowest BCUT2D eigenvalue weighted by Gasteiger charge is -2.31. The SMILES string of the molecule is CCC(OB1OC(C)(C)C(C)(C)O1)c1ccccc1. The van der Waals surface area contributed by atoms with E-state index in [1.807, 2.05) is 45.9 Å². The van der Waals surface area contributed by atoms with Crippen LogP contribution in [0.2, 0.25) is 0 Å². The first-order valence-electron chi connectivity index (χ1n) is 6.92. The van der Waals surface area contributed by atoms with Gasteiger partial charge in [-0.2, -0.15) is 0 Å². The van der Waals surface area contributed by atoms with E-state index in [-0.39, 0.29) is 17.3 Å². The Bertz CT molecular complexity index is 401. The van der Waals surface area contributed by atoms with Gasteiger partial charge in [-0.25, -0.2) is 0 Å². The Morgan fingerprint density at radius 1 is 1.05 bits per heavy atom. The summed E-state index contributed by atoms with van der Waals surface area (Å²) in [5, 5.41) is 0. The van der Waals surface area contributed by atoms with Crippen LogP contribution >= 0.6 is 0 Å². The average Bonchev–Trinajstić information content (AvgIpc) is 2.56. The minimum atomic E-state index is -0.602. The van der Waals surface area contributed by atoms with Crippen molar-refractivity contribution < 1.29 is 14.0 Å². The molecule has 0 spiro atoms. The summed E-state index contributed by atoms with van der Waals surface area (Å²) in [7, 11) is -0.602. The second kappa shape index (κ2) is 5.27. The van der Waals surface area contributed by atoms with Gasteiger partial charge in [0.2, 0.25) is 0 Å². The number of benzene rings is 1. The van der Waals surface area contributed by atoms with Crippen molar-refractivity contribution in [3.63, 3.8) is 0 Å². The Kier molecular flexibility index (Phi) is 4.04. The molecule has 4 heteroatoms. The van der Waals surface area contributed by atoms with Crippen molar-refractivity contribution >= 4 is 7.32 Å². The first kappa shape index (κ1) is 14.6. The smallest absolute Gasteiger partial charge is 0.379 e.